The summed E-state index contributed by atoms with van der Waals surface area (Å²) in [4.78, 5) is 14.1. The first kappa shape index (κ1) is 13.0. The van der Waals surface area contributed by atoms with Crippen molar-refractivity contribution in [3.05, 3.63) is 33.8 Å². The highest BCUT2D eigenvalue weighted by atomic mass is 35.5. The Morgan fingerprint density at radius 3 is 2.53 bits per heavy atom. The molecular weight excluding hydrogens is 280 g/mol. The molecule has 0 bridgehead atoms. The van der Waals surface area contributed by atoms with Crippen LogP contribution in [0.5, 0.6) is 0 Å². The number of carbonyl (C=O) groups excluding carboxylic acids is 1. The molecule has 1 fully saturated rings. The Kier molecular flexibility index (Phi) is 4.18. The second-order valence-corrected chi connectivity index (χ2v) is 5.29. The lowest BCUT2D eigenvalue weighted by Gasteiger charge is -2.23. The summed E-state index contributed by atoms with van der Waals surface area (Å²) in [5.41, 5.74) is 0.527. The van der Waals surface area contributed by atoms with E-state index in [1.807, 2.05) is 0 Å². The molecule has 0 radical (unpaired) electrons. The minimum absolute atomic E-state index is 0.0439. The molecule has 0 saturated carbocycles. The summed E-state index contributed by atoms with van der Waals surface area (Å²) in [6, 6.07) is 5.02. The maximum atomic E-state index is 12.3. The summed E-state index contributed by atoms with van der Waals surface area (Å²) < 4.78 is 0. The third-order valence-electron chi connectivity index (χ3n) is 2.93. The van der Waals surface area contributed by atoms with Gasteiger partial charge in [0.05, 0.1) is 0 Å². The minimum atomic E-state index is -0.0439. The molecule has 1 aromatic carbocycles. The van der Waals surface area contributed by atoms with E-state index in [1.165, 1.54) is 0 Å². The monoisotopic (exact) mass is 291 g/mol. The minimum Gasteiger partial charge on any atom is -0.334 e. The second-order valence-electron chi connectivity index (χ2n) is 4.11. The fraction of sp³-hybridized carbons (Fsp3) is 0.417. The quantitative estimate of drug-likeness (QED) is 0.759. The number of hydrogen-bond donors (Lipinski definition) is 0. The molecule has 0 aromatic heterocycles. The van der Waals surface area contributed by atoms with Gasteiger partial charge in [-0.2, -0.15) is 0 Å². The van der Waals surface area contributed by atoms with Gasteiger partial charge in [-0.3, -0.25) is 4.79 Å². The molecule has 1 aliphatic rings. The van der Waals surface area contributed by atoms with Crippen LogP contribution in [-0.2, 0) is 0 Å². The van der Waals surface area contributed by atoms with E-state index >= 15 is 0 Å². The highest BCUT2D eigenvalue weighted by Crippen LogP contribution is 2.24. The van der Waals surface area contributed by atoms with E-state index in [0.29, 0.717) is 21.5 Å². The van der Waals surface area contributed by atoms with Crippen molar-refractivity contribution in [2.24, 2.45) is 0 Å². The largest absolute Gasteiger partial charge is 0.334 e. The summed E-state index contributed by atoms with van der Waals surface area (Å²) in [6.07, 6.45) is 1.96. The molecule has 1 aliphatic heterocycles. The Hall–Kier alpha value is -0.440. The lowest BCUT2D eigenvalue weighted by Crippen LogP contribution is -2.36. The van der Waals surface area contributed by atoms with Crippen LogP contribution in [0.1, 0.15) is 23.2 Å². The maximum absolute atomic E-state index is 12.3. The third-order valence-corrected chi connectivity index (χ3v) is 3.72. The number of rotatable bonds is 2. The lowest BCUT2D eigenvalue weighted by molar-refractivity contribution is 0.0749. The van der Waals surface area contributed by atoms with Crippen LogP contribution in [0.4, 0.5) is 0 Å². The van der Waals surface area contributed by atoms with E-state index < -0.39 is 0 Å². The third kappa shape index (κ3) is 2.87. The van der Waals surface area contributed by atoms with Gasteiger partial charge in [0.2, 0.25) is 0 Å². The van der Waals surface area contributed by atoms with Gasteiger partial charge in [-0.1, -0.05) is 23.2 Å². The van der Waals surface area contributed by atoms with Crippen LogP contribution in [0.2, 0.25) is 10.0 Å². The van der Waals surface area contributed by atoms with E-state index in [0.717, 1.165) is 19.4 Å². The summed E-state index contributed by atoms with van der Waals surface area (Å²) in [5.74, 6) is 0.428. The van der Waals surface area contributed by atoms with Crippen LogP contribution in [0, 0.1) is 0 Å². The summed E-state index contributed by atoms with van der Waals surface area (Å²) >= 11 is 17.6. The van der Waals surface area contributed by atoms with E-state index in [-0.39, 0.29) is 11.9 Å². The number of amides is 1. The van der Waals surface area contributed by atoms with E-state index in [4.69, 9.17) is 34.8 Å². The zero-order chi connectivity index (χ0) is 12.4. The Morgan fingerprint density at radius 1 is 1.29 bits per heavy atom. The predicted octanol–water partition coefficient (Wildman–Crippen LogP) is 3.84. The molecule has 2 rings (SSSR count). The van der Waals surface area contributed by atoms with Crippen molar-refractivity contribution in [3.8, 4) is 0 Å². The first-order valence-electron chi connectivity index (χ1n) is 5.45. The van der Waals surface area contributed by atoms with E-state index in [9.17, 15) is 4.79 Å². The molecule has 1 heterocycles. The number of hydrogen-bond acceptors (Lipinski definition) is 1. The van der Waals surface area contributed by atoms with Gasteiger partial charge in [-0.05, 0) is 31.0 Å². The number of nitrogens with zero attached hydrogens (tertiary/aromatic N) is 1. The molecule has 1 atom stereocenters. The Labute approximate surface area is 115 Å². The number of halogens is 3. The SMILES string of the molecule is O=C(c1cc(Cl)cc(Cl)c1)N1CCCC1CCl. The second kappa shape index (κ2) is 5.47. The molecule has 1 saturated heterocycles. The Morgan fingerprint density at radius 2 is 1.94 bits per heavy atom. The van der Waals surface area contributed by atoms with Gasteiger partial charge >= 0.3 is 0 Å². The highest BCUT2D eigenvalue weighted by molar-refractivity contribution is 6.35. The first-order chi connectivity index (χ1) is 8.11. The van der Waals surface area contributed by atoms with Crippen LogP contribution in [0.15, 0.2) is 18.2 Å². The average molecular weight is 293 g/mol. The molecule has 5 heteroatoms. The van der Waals surface area contributed by atoms with Crippen molar-refractivity contribution in [1.82, 2.24) is 4.90 Å². The molecule has 0 spiro atoms. The molecule has 1 unspecified atom stereocenters. The molecular formula is C12H12Cl3NO. The van der Waals surface area contributed by atoms with Crippen molar-refractivity contribution in [3.63, 3.8) is 0 Å². The van der Waals surface area contributed by atoms with Crippen molar-refractivity contribution >= 4 is 40.7 Å². The Balaban J connectivity index is 2.24. The molecule has 17 heavy (non-hydrogen) atoms. The van der Waals surface area contributed by atoms with Gasteiger partial charge in [0.1, 0.15) is 0 Å². The zero-order valence-corrected chi connectivity index (χ0v) is 11.4. The molecule has 2 nitrogen and oxygen atoms in total. The Bertz CT molecular complexity index is 416. The molecule has 0 aliphatic carbocycles. The molecule has 1 aromatic rings. The number of carbonyl (C=O) groups is 1. The van der Waals surface area contributed by atoms with Crippen molar-refractivity contribution in [2.75, 3.05) is 12.4 Å². The van der Waals surface area contributed by atoms with Crippen molar-refractivity contribution in [2.45, 2.75) is 18.9 Å². The van der Waals surface area contributed by atoms with Crippen LogP contribution in [0.25, 0.3) is 0 Å². The summed E-state index contributed by atoms with van der Waals surface area (Å²) in [7, 11) is 0. The molecule has 0 N–H and O–H groups in total. The van der Waals surface area contributed by atoms with Gasteiger partial charge in [0, 0.05) is 34.1 Å². The standard InChI is InChI=1S/C12H12Cl3NO/c13-7-11-2-1-3-16(11)12(17)8-4-9(14)6-10(15)5-8/h4-6,11H,1-3,7H2. The fourth-order valence-electron chi connectivity index (χ4n) is 2.11. The number of alkyl halides is 1. The number of benzene rings is 1. The van der Waals surface area contributed by atoms with E-state index in [2.05, 4.69) is 0 Å². The van der Waals surface area contributed by atoms with Crippen LogP contribution >= 0.6 is 34.8 Å². The molecule has 1 amide bonds. The smallest absolute Gasteiger partial charge is 0.254 e. The molecule has 92 valence electrons. The van der Waals surface area contributed by atoms with Crippen LogP contribution < -0.4 is 0 Å². The lowest BCUT2D eigenvalue weighted by atomic mass is 10.2. The van der Waals surface area contributed by atoms with Gasteiger partial charge in [0.25, 0.3) is 5.91 Å². The van der Waals surface area contributed by atoms with Gasteiger partial charge < -0.3 is 4.90 Å². The van der Waals surface area contributed by atoms with Crippen molar-refractivity contribution in [1.29, 1.82) is 0 Å². The van der Waals surface area contributed by atoms with Gasteiger partial charge in [-0.25, -0.2) is 0 Å². The average Bonchev–Trinajstić information content (AvgIpc) is 2.74. The normalized spacial score (nSPS) is 19.7. The first-order valence-corrected chi connectivity index (χ1v) is 6.74. The summed E-state index contributed by atoms with van der Waals surface area (Å²) in [6.45, 7) is 0.750. The topological polar surface area (TPSA) is 20.3 Å². The zero-order valence-electron chi connectivity index (χ0n) is 9.13. The highest BCUT2D eigenvalue weighted by Gasteiger charge is 2.28. The maximum Gasteiger partial charge on any atom is 0.254 e. The van der Waals surface area contributed by atoms with Crippen LogP contribution in [0.3, 0.4) is 0 Å². The summed E-state index contributed by atoms with van der Waals surface area (Å²) in [5, 5.41) is 0.949. The van der Waals surface area contributed by atoms with Crippen LogP contribution in [-0.4, -0.2) is 29.3 Å². The predicted molar refractivity (Wildman–Crippen MR) is 71.2 cm³/mol. The van der Waals surface area contributed by atoms with Gasteiger partial charge in [0.15, 0.2) is 0 Å². The van der Waals surface area contributed by atoms with Crippen molar-refractivity contribution < 1.29 is 4.79 Å². The number of likely N-dealkylation sites (tertiary alicyclic amines) is 1. The van der Waals surface area contributed by atoms with E-state index in [1.54, 1.807) is 23.1 Å². The fourth-order valence-corrected chi connectivity index (χ4v) is 2.95. The van der Waals surface area contributed by atoms with Gasteiger partial charge in [-0.15, -0.1) is 11.6 Å².